The minimum Gasteiger partial charge on any atom is -0.367 e. The molecule has 0 spiro atoms. The molecule has 1 aliphatic rings. The zero-order valence-electron chi connectivity index (χ0n) is 16.7. The van der Waals surface area contributed by atoms with E-state index in [-0.39, 0.29) is 11.4 Å². The minimum atomic E-state index is -4.54. The second kappa shape index (κ2) is 9.17. The van der Waals surface area contributed by atoms with Gasteiger partial charge in [-0.3, -0.25) is 14.9 Å². The van der Waals surface area contributed by atoms with E-state index in [2.05, 4.69) is 10.2 Å². The number of amides is 1. The molecular weight excluding hydrogens is 413 g/mol. The van der Waals surface area contributed by atoms with Crippen LogP contribution in [0.15, 0.2) is 48.5 Å². The molecule has 1 N–H and O–H groups in total. The third kappa shape index (κ3) is 5.82. The fourth-order valence-corrected chi connectivity index (χ4v) is 3.22. The summed E-state index contributed by atoms with van der Waals surface area (Å²) in [5.74, 6) is -0.638. The van der Waals surface area contributed by atoms with E-state index in [0.29, 0.717) is 24.3 Å². The Morgan fingerprint density at radius 1 is 1.13 bits per heavy atom. The highest BCUT2D eigenvalue weighted by molar-refractivity contribution is 6.04. The van der Waals surface area contributed by atoms with Gasteiger partial charge in [-0.05, 0) is 36.9 Å². The maximum atomic E-state index is 13.2. The summed E-state index contributed by atoms with van der Waals surface area (Å²) in [6.07, 6.45) is -2.04. The van der Waals surface area contributed by atoms with Gasteiger partial charge in [-0.15, -0.1) is 0 Å². The van der Waals surface area contributed by atoms with Gasteiger partial charge in [0.15, 0.2) is 0 Å². The molecule has 0 unspecified atom stereocenters. The lowest BCUT2D eigenvalue weighted by Gasteiger charge is -2.35. The highest BCUT2D eigenvalue weighted by Crippen LogP contribution is 2.35. The van der Waals surface area contributed by atoms with E-state index in [9.17, 15) is 28.1 Å². The topological polar surface area (TPSA) is 78.7 Å². The first-order valence-corrected chi connectivity index (χ1v) is 9.52. The summed E-state index contributed by atoms with van der Waals surface area (Å²) < 4.78 is 39.6. The Labute approximate surface area is 176 Å². The number of nitrogens with one attached hydrogen (secondary N) is 1. The van der Waals surface area contributed by atoms with Gasteiger partial charge in [0.05, 0.1) is 21.9 Å². The standard InChI is InChI=1S/C21H21F3N4O3/c1-26-9-11-27(12-10-26)19-7-6-16(21(22,23)24)14-18(19)25-20(29)8-5-15-3-2-4-17(13-15)28(30)31/h2-8,13-14H,9-12H2,1H3,(H,25,29)/b8-5+. The van der Waals surface area contributed by atoms with Gasteiger partial charge in [-0.1, -0.05) is 12.1 Å². The molecule has 0 saturated carbocycles. The van der Waals surface area contributed by atoms with E-state index >= 15 is 0 Å². The Hall–Kier alpha value is -3.40. The van der Waals surface area contributed by atoms with Crippen LogP contribution in [0.4, 0.5) is 30.2 Å². The van der Waals surface area contributed by atoms with Crippen LogP contribution in [-0.2, 0) is 11.0 Å². The van der Waals surface area contributed by atoms with Crippen LogP contribution in [0.25, 0.3) is 6.08 Å². The molecule has 1 heterocycles. The SMILES string of the molecule is CN1CCN(c2ccc(C(F)(F)F)cc2NC(=O)/C=C/c2cccc([N+](=O)[O-])c2)CC1. The predicted molar refractivity (Wildman–Crippen MR) is 112 cm³/mol. The maximum Gasteiger partial charge on any atom is 0.416 e. The normalized spacial score (nSPS) is 15.3. The number of anilines is 2. The number of piperazine rings is 1. The third-order valence-corrected chi connectivity index (χ3v) is 4.93. The lowest BCUT2D eigenvalue weighted by Crippen LogP contribution is -2.44. The fourth-order valence-electron chi connectivity index (χ4n) is 3.22. The molecule has 31 heavy (non-hydrogen) atoms. The molecule has 0 atom stereocenters. The average Bonchev–Trinajstić information content (AvgIpc) is 2.72. The van der Waals surface area contributed by atoms with Crippen molar-refractivity contribution in [3.8, 4) is 0 Å². The fraction of sp³-hybridized carbons (Fsp3) is 0.286. The Bertz CT molecular complexity index is 1000. The van der Waals surface area contributed by atoms with Gasteiger partial charge in [0.25, 0.3) is 5.69 Å². The molecule has 0 radical (unpaired) electrons. The summed E-state index contributed by atoms with van der Waals surface area (Å²) in [6.45, 7) is 2.74. The van der Waals surface area contributed by atoms with Crippen molar-refractivity contribution in [3.05, 3.63) is 69.8 Å². The van der Waals surface area contributed by atoms with Crippen LogP contribution < -0.4 is 10.2 Å². The molecule has 164 valence electrons. The van der Waals surface area contributed by atoms with Crippen molar-refractivity contribution in [1.29, 1.82) is 0 Å². The number of alkyl halides is 3. The van der Waals surface area contributed by atoms with Crippen molar-refractivity contribution in [2.45, 2.75) is 6.18 Å². The van der Waals surface area contributed by atoms with E-state index in [1.165, 1.54) is 30.3 Å². The predicted octanol–water partition coefficient (Wildman–Crippen LogP) is 4.02. The molecule has 10 heteroatoms. The molecule has 7 nitrogen and oxygen atoms in total. The molecule has 1 fully saturated rings. The smallest absolute Gasteiger partial charge is 0.367 e. The van der Waals surface area contributed by atoms with Gasteiger partial charge >= 0.3 is 6.18 Å². The number of carbonyl (C=O) groups is 1. The number of nitrogens with zero attached hydrogens (tertiary/aromatic N) is 3. The Morgan fingerprint density at radius 2 is 1.84 bits per heavy atom. The average molecular weight is 434 g/mol. The summed E-state index contributed by atoms with van der Waals surface area (Å²) in [5.41, 5.74) is 0.0140. The van der Waals surface area contributed by atoms with E-state index in [4.69, 9.17) is 0 Å². The number of halogens is 3. The summed E-state index contributed by atoms with van der Waals surface area (Å²) in [4.78, 5) is 26.8. The van der Waals surface area contributed by atoms with Crippen molar-refractivity contribution in [3.63, 3.8) is 0 Å². The second-order valence-electron chi connectivity index (χ2n) is 7.19. The van der Waals surface area contributed by atoms with Crippen LogP contribution in [0.3, 0.4) is 0 Å². The summed E-state index contributed by atoms with van der Waals surface area (Å²) >= 11 is 0. The van der Waals surface area contributed by atoms with E-state index in [0.717, 1.165) is 31.3 Å². The van der Waals surface area contributed by atoms with Crippen molar-refractivity contribution in [2.24, 2.45) is 0 Å². The van der Waals surface area contributed by atoms with Gasteiger partial charge in [0.1, 0.15) is 0 Å². The van der Waals surface area contributed by atoms with Crippen LogP contribution in [0.5, 0.6) is 0 Å². The minimum absolute atomic E-state index is 0.0630. The van der Waals surface area contributed by atoms with Crippen LogP contribution in [0.1, 0.15) is 11.1 Å². The quantitative estimate of drug-likeness (QED) is 0.437. The number of hydrogen-bond donors (Lipinski definition) is 1. The van der Waals surface area contributed by atoms with E-state index < -0.39 is 22.6 Å². The van der Waals surface area contributed by atoms with Crippen molar-refractivity contribution in [2.75, 3.05) is 43.4 Å². The number of nitro benzene ring substituents is 1. The summed E-state index contributed by atoms with van der Waals surface area (Å²) in [7, 11) is 1.96. The first-order valence-electron chi connectivity index (χ1n) is 9.52. The van der Waals surface area contributed by atoms with Gasteiger partial charge < -0.3 is 15.1 Å². The molecule has 0 aromatic heterocycles. The Balaban J connectivity index is 1.83. The first-order chi connectivity index (χ1) is 14.6. The second-order valence-corrected chi connectivity index (χ2v) is 7.19. The molecule has 0 bridgehead atoms. The summed E-state index contributed by atoms with van der Waals surface area (Å²) in [5, 5.41) is 13.4. The van der Waals surface area contributed by atoms with Gasteiger partial charge in [0.2, 0.25) is 5.91 Å². The Kier molecular flexibility index (Phi) is 6.59. The highest BCUT2D eigenvalue weighted by Gasteiger charge is 2.32. The number of rotatable bonds is 5. The van der Waals surface area contributed by atoms with Crippen LogP contribution >= 0.6 is 0 Å². The third-order valence-electron chi connectivity index (χ3n) is 4.93. The maximum absolute atomic E-state index is 13.2. The van der Waals surface area contributed by atoms with Gasteiger partial charge in [-0.25, -0.2) is 0 Å². The number of hydrogen-bond acceptors (Lipinski definition) is 5. The van der Waals surface area contributed by atoms with Crippen LogP contribution in [0, 0.1) is 10.1 Å². The zero-order valence-corrected chi connectivity index (χ0v) is 16.7. The largest absolute Gasteiger partial charge is 0.416 e. The van der Waals surface area contributed by atoms with Crippen molar-refractivity contribution < 1.29 is 22.9 Å². The van der Waals surface area contributed by atoms with Gasteiger partial charge in [0, 0.05) is 44.4 Å². The Morgan fingerprint density at radius 3 is 2.48 bits per heavy atom. The molecule has 1 amide bonds. The van der Waals surface area contributed by atoms with E-state index in [1.807, 2.05) is 11.9 Å². The molecule has 2 aromatic rings. The number of nitro groups is 1. The molecule has 2 aromatic carbocycles. The number of carbonyl (C=O) groups excluding carboxylic acids is 1. The number of benzene rings is 2. The number of likely N-dealkylation sites (N-methyl/N-ethyl adjacent to an activating group) is 1. The van der Waals surface area contributed by atoms with Crippen LogP contribution in [0.2, 0.25) is 0 Å². The molecule has 3 rings (SSSR count). The highest BCUT2D eigenvalue weighted by atomic mass is 19.4. The van der Waals surface area contributed by atoms with Gasteiger partial charge in [-0.2, -0.15) is 13.2 Å². The number of non-ortho nitro benzene ring substituents is 1. The molecular formula is C21H21F3N4O3. The first kappa shape index (κ1) is 22.3. The monoisotopic (exact) mass is 434 g/mol. The molecule has 1 aliphatic heterocycles. The zero-order chi connectivity index (χ0) is 22.6. The van der Waals surface area contributed by atoms with Crippen molar-refractivity contribution >= 4 is 29.0 Å². The van der Waals surface area contributed by atoms with Crippen LogP contribution in [-0.4, -0.2) is 49.0 Å². The summed E-state index contributed by atoms with van der Waals surface area (Å²) in [6, 6.07) is 8.97. The molecule has 1 saturated heterocycles. The lowest BCUT2D eigenvalue weighted by molar-refractivity contribution is -0.384. The molecule has 0 aliphatic carbocycles. The van der Waals surface area contributed by atoms with Crippen molar-refractivity contribution in [1.82, 2.24) is 4.90 Å². The lowest BCUT2D eigenvalue weighted by atomic mass is 10.1. The van der Waals surface area contributed by atoms with E-state index in [1.54, 1.807) is 6.07 Å².